The zero-order valence-corrected chi connectivity index (χ0v) is 12.4. The van der Waals surface area contributed by atoms with Crippen LogP contribution in [0.15, 0.2) is 71.8 Å². The van der Waals surface area contributed by atoms with Crippen molar-refractivity contribution < 1.29 is 9.13 Å². The zero-order chi connectivity index (χ0) is 16.1. The molecule has 23 heavy (non-hydrogen) atoms. The second kappa shape index (κ2) is 6.87. The Morgan fingerprint density at radius 3 is 2.43 bits per heavy atom. The molecule has 3 aromatic rings. The molecule has 0 unspecified atom stereocenters. The summed E-state index contributed by atoms with van der Waals surface area (Å²) in [6.07, 6.45) is 1.44. The largest absolute Gasteiger partial charge is 0.473 e. The van der Waals surface area contributed by atoms with Crippen LogP contribution >= 0.6 is 0 Å². The molecule has 0 radical (unpaired) electrons. The molecule has 0 saturated carbocycles. The van der Waals surface area contributed by atoms with Crippen molar-refractivity contribution in [2.45, 2.75) is 13.2 Å². The van der Waals surface area contributed by atoms with Gasteiger partial charge in [-0.1, -0.05) is 42.5 Å². The van der Waals surface area contributed by atoms with Crippen molar-refractivity contribution in [1.29, 1.82) is 0 Å². The van der Waals surface area contributed by atoms with Crippen LogP contribution in [0.3, 0.4) is 0 Å². The molecule has 4 nitrogen and oxygen atoms in total. The van der Waals surface area contributed by atoms with Crippen molar-refractivity contribution in [2.75, 3.05) is 0 Å². The van der Waals surface area contributed by atoms with E-state index >= 15 is 0 Å². The normalized spacial score (nSPS) is 10.5. The molecule has 2 aromatic carbocycles. The molecule has 0 saturated heterocycles. The van der Waals surface area contributed by atoms with E-state index in [0.29, 0.717) is 13.2 Å². The third-order valence-corrected chi connectivity index (χ3v) is 3.35. The summed E-state index contributed by atoms with van der Waals surface area (Å²) in [5.74, 6) is -0.0157. The monoisotopic (exact) mass is 310 g/mol. The van der Waals surface area contributed by atoms with Crippen LogP contribution < -0.4 is 10.3 Å². The predicted molar refractivity (Wildman–Crippen MR) is 84.8 cm³/mol. The lowest BCUT2D eigenvalue weighted by Crippen LogP contribution is -2.20. The second-order valence-corrected chi connectivity index (χ2v) is 5.09. The molecule has 5 heteroatoms. The minimum absolute atomic E-state index is 0.215. The van der Waals surface area contributed by atoms with Gasteiger partial charge in [0.1, 0.15) is 18.8 Å². The summed E-state index contributed by atoms with van der Waals surface area (Å²) >= 11 is 0. The summed E-state index contributed by atoms with van der Waals surface area (Å²) in [6, 6.07) is 17.0. The number of halogens is 1. The number of nitrogens with zero attached hydrogens (tertiary/aromatic N) is 2. The summed E-state index contributed by atoms with van der Waals surface area (Å²) in [5.41, 5.74) is 1.62. The average Bonchev–Trinajstić information content (AvgIpc) is 2.58. The summed E-state index contributed by atoms with van der Waals surface area (Å²) in [7, 11) is 0. The van der Waals surface area contributed by atoms with E-state index in [1.54, 1.807) is 12.1 Å². The van der Waals surface area contributed by atoms with E-state index in [2.05, 4.69) is 4.98 Å². The Kier molecular flexibility index (Phi) is 4.47. The van der Waals surface area contributed by atoms with E-state index in [9.17, 15) is 9.18 Å². The van der Waals surface area contributed by atoms with Crippen LogP contribution in [0.4, 0.5) is 4.39 Å². The topological polar surface area (TPSA) is 44.1 Å². The Morgan fingerprint density at radius 2 is 1.74 bits per heavy atom. The van der Waals surface area contributed by atoms with Crippen LogP contribution in [0.2, 0.25) is 0 Å². The standard InChI is InChI=1S/C18H15FN2O2/c19-16-8-6-14(7-9-16)11-21-13-20-17(10-18(21)22)23-12-15-4-2-1-3-5-15/h1-10,13H,11-12H2. The summed E-state index contributed by atoms with van der Waals surface area (Å²) in [4.78, 5) is 16.2. The molecule has 0 aliphatic rings. The Hall–Kier alpha value is -2.95. The summed E-state index contributed by atoms with van der Waals surface area (Å²) < 4.78 is 19.9. The fourth-order valence-corrected chi connectivity index (χ4v) is 2.13. The van der Waals surface area contributed by atoms with Gasteiger partial charge in [-0.15, -0.1) is 0 Å². The van der Waals surface area contributed by atoms with Crippen LogP contribution in [0, 0.1) is 5.82 Å². The Balaban J connectivity index is 1.68. The first kappa shape index (κ1) is 15.0. The first-order valence-electron chi connectivity index (χ1n) is 7.18. The molecule has 3 rings (SSSR count). The van der Waals surface area contributed by atoms with Crippen molar-refractivity contribution >= 4 is 0 Å². The highest BCUT2D eigenvalue weighted by molar-refractivity contribution is 5.18. The van der Waals surface area contributed by atoms with Gasteiger partial charge >= 0.3 is 0 Å². The molecule has 0 N–H and O–H groups in total. The smallest absolute Gasteiger partial charge is 0.257 e. The van der Waals surface area contributed by atoms with Crippen LogP contribution in [-0.2, 0) is 13.2 Å². The third-order valence-electron chi connectivity index (χ3n) is 3.35. The van der Waals surface area contributed by atoms with Gasteiger partial charge in [0.15, 0.2) is 0 Å². The molecule has 1 aromatic heterocycles. The van der Waals surface area contributed by atoms with Gasteiger partial charge < -0.3 is 4.74 Å². The lowest BCUT2D eigenvalue weighted by molar-refractivity contribution is 0.291. The highest BCUT2D eigenvalue weighted by atomic mass is 19.1. The molecule has 0 amide bonds. The third kappa shape index (κ3) is 4.03. The van der Waals surface area contributed by atoms with Gasteiger partial charge in [0.2, 0.25) is 5.88 Å². The van der Waals surface area contributed by atoms with Gasteiger partial charge in [-0.25, -0.2) is 9.37 Å². The highest BCUT2D eigenvalue weighted by Crippen LogP contribution is 2.08. The molecule has 1 heterocycles. The SMILES string of the molecule is O=c1cc(OCc2ccccc2)ncn1Cc1ccc(F)cc1. The number of benzene rings is 2. The van der Waals surface area contributed by atoms with Crippen LogP contribution in [0.1, 0.15) is 11.1 Å². The van der Waals surface area contributed by atoms with Gasteiger partial charge in [-0.3, -0.25) is 9.36 Å². The maximum atomic E-state index is 12.9. The van der Waals surface area contributed by atoms with Gasteiger partial charge in [0.05, 0.1) is 12.6 Å². The maximum absolute atomic E-state index is 12.9. The van der Waals surface area contributed by atoms with Crippen molar-refractivity contribution in [2.24, 2.45) is 0 Å². The van der Waals surface area contributed by atoms with E-state index in [4.69, 9.17) is 4.74 Å². The fraction of sp³-hybridized carbons (Fsp3) is 0.111. The minimum atomic E-state index is -0.302. The first-order valence-corrected chi connectivity index (χ1v) is 7.18. The molecule has 0 aliphatic heterocycles. The van der Waals surface area contributed by atoms with E-state index in [1.165, 1.54) is 29.1 Å². The molecule has 0 atom stereocenters. The average molecular weight is 310 g/mol. The van der Waals surface area contributed by atoms with Crippen molar-refractivity contribution in [1.82, 2.24) is 9.55 Å². The van der Waals surface area contributed by atoms with Crippen LogP contribution in [-0.4, -0.2) is 9.55 Å². The van der Waals surface area contributed by atoms with Crippen LogP contribution in [0.25, 0.3) is 0 Å². The van der Waals surface area contributed by atoms with Gasteiger partial charge in [0, 0.05) is 0 Å². The van der Waals surface area contributed by atoms with Crippen molar-refractivity contribution in [3.63, 3.8) is 0 Å². The molecule has 0 spiro atoms. The lowest BCUT2D eigenvalue weighted by atomic mass is 10.2. The molecule has 0 aliphatic carbocycles. The number of hydrogen-bond donors (Lipinski definition) is 0. The minimum Gasteiger partial charge on any atom is -0.473 e. The summed E-state index contributed by atoms with van der Waals surface area (Å²) in [5, 5.41) is 0. The quantitative estimate of drug-likeness (QED) is 0.727. The number of aromatic nitrogens is 2. The number of rotatable bonds is 5. The highest BCUT2D eigenvalue weighted by Gasteiger charge is 2.03. The fourth-order valence-electron chi connectivity index (χ4n) is 2.13. The molecular formula is C18H15FN2O2. The lowest BCUT2D eigenvalue weighted by Gasteiger charge is -2.08. The predicted octanol–water partition coefficient (Wildman–Crippen LogP) is 3.01. The number of hydrogen-bond acceptors (Lipinski definition) is 3. The van der Waals surface area contributed by atoms with Crippen molar-refractivity contribution in [3.05, 3.63) is 94.3 Å². The Bertz CT molecular complexity index is 830. The van der Waals surface area contributed by atoms with E-state index in [1.807, 2.05) is 30.3 Å². The maximum Gasteiger partial charge on any atom is 0.257 e. The second-order valence-electron chi connectivity index (χ2n) is 5.09. The van der Waals surface area contributed by atoms with Gasteiger partial charge in [-0.2, -0.15) is 0 Å². The Labute approximate surface area is 132 Å². The molecule has 0 fully saturated rings. The van der Waals surface area contributed by atoms with E-state index in [-0.39, 0.29) is 17.3 Å². The van der Waals surface area contributed by atoms with E-state index in [0.717, 1.165) is 11.1 Å². The Morgan fingerprint density at radius 1 is 1.00 bits per heavy atom. The van der Waals surface area contributed by atoms with Gasteiger partial charge in [-0.05, 0) is 23.3 Å². The number of ether oxygens (including phenoxy) is 1. The molecule has 0 bridgehead atoms. The molecular weight excluding hydrogens is 295 g/mol. The summed E-state index contributed by atoms with van der Waals surface area (Å²) in [6.45, 7) is 0.695. The van der Waals surface area contributed by atoms with E-state index < -0.39 is 0 Å². The first-order chi connectivity index (χ1) is 11.2. The van der Waals surface area contributed by atoms with Crippen LogP contribution in [0.5, 0.6) is 5.88 Å². The van der Waals surface area contributed by atoms with Crippen molar-refractivity contribution in [3.8, 4) is 5.88 Å². The zero-order valence-electron chi connectivity index (χ0n) is 12.4. The molecule has 116 valence electrons. The van der Waals surface area contributed by atoms with Gasteiger partial charge in [0.25, 0.3) is 5.56 Å².